The molecule has 1 aromatic heterocycles. The number of imide groups is 1. The fourth-order valence-corrected chi connectivity index (χ4v) is 3.17. The minimum Gasteiger partial charge on any atom is -0.449 e. The number of nitrogens with two attached hydrogens (primary N) is 1. The first-order valence-corrected chi connectivity index (χ1v) is 9.12. The average Bonchev–Trinajstić information content (AvgIpc) is 2.66. The Labute approximate surface area is 171 Å². The van der Waals surface area contributed by atoms with E-state index in [4.69, 9.17) is 22.1 Å². The molecule has 8 heteroatoms. The first-order valence-electron chi connectivity index (χ1n) is 8.74. The van der Waals surface area contributed by atoms with Crippen LogP contribution in [-0.4, -0.2) is 29.0 Å². The zero-order chi connectivity index (χ0) is 21.1. The van der Waals surface area contributed by atoms with Crippen LogP contribution in [0.5, 0.6) is 0 Å². The normalized spacial score (nSPS) is 11.7. The minimum absolute atomic E-state index is 0.282. The molecule has 3 amide bonds. The van der Waals surface area contributed by atoms with Crippen LogP contribution in [0.25, 0.3) is 22.2 Å². The molecule has 0 saturated carbocycles. The van der Waals surface area contributed by atoms with Gasteiger partial charge in [0.25, 0.3) is 5.91 Å². The van der Waals surface area contributed by atoms with Crippen molar-refractivity contribution >= 4 is 40.4 Å². The van der Waals surface area contributed by atoms with Gasteiger partial charge in [-0.15, -0.1) is 0 Å². The number of halogens is 1. The molecular formula is C21H18ClN3O4. The topological polar surface area (TPSA) is 111 Å². The summed E-state index contributed by atoms with van der Waals surface area (Å²) < 4.78 is 5.29. The van der Waals surface area contributed by atoms with Crippen molar-refractivity contribution in [2.24, 2.45) is 5.73 Å². The highest BCUT2D eigenvalue weighted by Gasteiger charge is 2.24. The molecule has 0 radical (unpaired) electrons. The molecule has 0 spiro atoms. The van der Waals surface area contributed by atoms with E-state index in [1.54, 1.807) is 43.3 Å². The van der Waals surface area contributed by atoms with Crippen molar-refractivity contribution in [1.82, 2.24) is 10.3 Å². The molecule has 3 rings (SSSR count). The summed E-state index contributed by atoms with van der Waals surface area (Å²) in [4.78, 5) is 40.4. The van der Waals surface area contributed by atoms with Gasteiger partial charge in [0.1, 0.15) is 0 Å². The van der Waals surface area contributed by atoms with Gasteiger partial charge in [-0.3, -0.25) is 10.1 Å². The van der Waals surface area contributed by atoms with E-state index in [0.29, 0.717) is 27.2 Å². The molecule has 0 aliphatic heterocycles. The number of hydrogen-bond acceptors (Lipinski definition) is 5. The van der Waals surface area contributed by atoms with Crippen LogP contribution in [0, 0.1) is 6.92 Å². The zero-order valence-electron chi connectivity index (χ0n) is 15.7. The molecule has 1 heterocycles. The van der Waals surface area contributed by atoms with Gasteiger partial charge in [-0.1, -0.05) is 41.9 Å². The predicted molar refractivity (Wildman–Crippen MR) is 110 cm³/mol. The van der Waals surface area contributed by atoms with Gasteiger partial charge < -0.3 is 10.5 Å². The molecule has 0 saturated heterocycles. The average molecular weight is 412 g/mol. The lowest BCUT2D eigenvalue weighted by atomic mass is 9.98. The van der Waals surface area contributed by atoms with Crippen molar-refractivity contribution in [3.05, 3.63) is 64.7 Å². The molecule has 7 nitrogen and oxygen atoms in total. The minimum atomic E-state index is -1.21. The number of esters is 1. The Bertz CT molecular complexity index is 1130. The van der Waals surface area contributed by atoms with E-state index in [1.165, 1.54) is 6.92 Å². The Hall–Kier alpha value is -3.45. The second kappa shape index (κ2) is 8.28. The van der Waals surface area contributed by atoms with Crippen LogP contribution in [0.4, 0.5) is 4.79 Å². The van der Waals surface area contributed by atoms with Crippen LogP contribution in [0.15, 0.2) is 48.5 Å². The molecule has 3 N–H and O–H groups in total. The van der Waals surface area contributed by atoms with Crippen molar-refractivity contribution in [1.29, 1.82) is 0 Å². The molecule has 29 heavy (non-hydrogen) atoms. The Kier molecular flexibility index (Phi) is 5.79. The summed E-state index contributed by atoms with van der Waals surface area (Å²) in [6, 6.07) is 13.2. The van der Waals surface area contributed by atoms with Crippen molar-refractivity contribution in [2.75, 3.05) is 0 Å². The van der Waals surface area contributed by atoms with Gasteiger partial charge in [0, 0.05) is 16.0 Å². The predicted octanol–water partition coefficient (Wildman–Crippen LogP) is 3.60. The van der Waals surface area contributed by atoms with Gasteiger partial charge in [-0.2, -0.15) is 0 Å². The molecule has 0 unspecified atom stereocenters. The smallest absolute Gasteiger partial charge is 0.339 e. The Morgan fingerprint density at radius 3 is 2.55 bits per heavy atom. The van der Waals surface area contributed by atoms with E-state index in [2.05, 4.69) is 4.98 Å². The fourth-order valence-electron chi connectivity index (χ4n) is 2.98. The molecule has 0 aliphatic carbocycles. The molecular weight excluding hydrogens is 394 g/mol. The van der Waals surface area contributed by atoms with Crippen LogP contribution in [-0.2, 0) is 9.53 Å². The maximum atomic E-state index is 13.0. The highest BCUT2D eigenvalue weighted by atomic mass is 35.5. The van der Waals surface area contributed by atoms with E-state index in [9.17, 15) is 14.4 Å². The third-order valence-corrected chi connectivity index (χ3v) is 4.57. The summed E-state index contributed by atoms with van der Waals surface area (Å²) in [6.07, 6.45) is -1.21. The lowest BCUT2D eigenvalue weighted by Crippen LogP contribution is -2.42. The first-order chi connectivity index (χ1) is 13.8. The highest BCUT2D eigenvalue weighted by molar-refractivity contribution is 6.30. The van der Waals surface area contributed by atoms with Crippen LogP contribution >= 0.6 is 11.6 Å². The summed E-state index contributed by atoms with van der Waals surface area (Å²) >= 11 is 6.11. The van der Waals surface area contributed by atoms with Crippen LogP contribution in [0.1, 0.15) is 22.8 Å². The Morgan fingerprint density at radius 2 is 1.86 bits per heavy atom. The molecule has 0 fully saturated rings. The number of nitrogens with one attached hydrogen (secondary N) is 1. The quantitative estimate of drug-likeness (QED) is 0.637. The van der Waals surface area contributed by atoms with Gasteiger partial charge >= 0.3 is 12.0 Å². The maximum absolute atomic E-state index is 13.0. The number of carbonyl (C=O) groups excluding carboxylic acids is 3. The van der Waals surface area contributed by atoms with E-state index in [-0.39, 0.29) is 5.56 Å². The number of fused-ring (bicyclic) bond motifs is 1. The number of urea groups is 1. The SMILES string of the molecule is Cc1c(-c2cccc(Cl)c2)nc2ccccc2c1C(=O)O[C@@H](C)C(=O)NC(N)=O. The number of rotatable bonds is 4. The van der Waals surface area contributed by atoms with Gasteiger partial charge in [0.2, 0.25) is 0 Å². The number of ether oxygens (including phenoxy) is 1. The van der Waals surface area contributed by atoms with Crippen LogP contribution in [0.2, 0.25) is 5.02 Å². The number of primary amides is 1. The van der Waals surface area contributed by atoms with Crippen LogP contribution in [0.3, 0.4) is 0 Å². The number of pyridine rings is 1. The van der Waals surface area contributed by atoms with E-state index < -0.39 is 24.0 Å². The number of aromatic nitrogens is 1. The molecule has 1 atom stereocenters. The highest BCUT2D eigenvalue weighted by Crippen LogP contribution is 2.31. The third-order valence-electron chi connectivity index (χ3n) is 4.34. The lowest BCUT2D eigenvalue weighted by Gasteiger charge is -2.17. The monoisotopic (exact) mass is 411 g/mol. The van der Waals surface area contributed by atoms with Crippen molar-refractivity contribution in [3.8, 4) is 11.3 Å². The van der Waals surface area contributed by atoms with Crippen molar-refractivity contribution in [3.63, 3.8) is 0 Å². The maximum Gasteiger partial charge on any atom is 0.339 e. The largest absolute Gasteiger partial charge is 0.449 e. The Balaban J connectivity index is 2.09. The van der Waals surface area contributed by atoms with Crippen molar-refractivity contribution < 1.29 is 19.1 Å². The summed E-state index contributed by atoms with van der Waals surface area (Å²) in [7, 11) is 0. The number of hydrogen-bond donors (Lipinski definition) is 2. The molecule has 2 aromatic carbocycles. The van der Waals surface area contributed by atoms with E-state index >= 15 is 0 Å². The summed E-state index contributed by atoms with van der Waals surface area (Å²) in [5.41, 5.74) is 7.71. The number of amides is 3. The Morgan fingerprint density at radius 1 is 1.14 bits per heavy atom. The third kappa shape index (κ3) is 4.35. The van der Waals surface area contributed by atoms with E-state index in [0.717, 1.165) is 5.56 Å². The summed E-state index contributed by atoms with van der Waals surface area (Å²) in [5.74, 6) is -1.52. The molecule has 3 aromatic rings. The van der Waals surface area contributed by atoms with Gasteiger partial charge in [-0.05, 0) is 37.6 Å². The van der Waals surface area contributed by atoms with Crippen LogP contribution < -0.4 is 11.1 Å². The molecule has 0 bridgehead atoms. The summed E-state index contributed by atoms with van der Waals surface area (Å²) in [6.45, 7) is 3.10. The number of nitrogens with zero attached hydrogens (tertiary/aromatic N) is 1. The van der Waals surface area contributed by atoms with Gasteiger partial charge in [0.15, 0.2) is 6.10 Å². The zero-order valence-corrected chi connectivity index (χ0v) is 16.5. The number of carbonyl (C=O) groups is 3. The second-order valence-electron chi connectivity index (χ2n) is 6.39. The molecule has 148 valence electrons. The molecule has 0 aliphatic rings. The summed E-state index contributed by atoms with van der Waals surface area (Å²) in [5, 5.41) is 3.02. The van der Waals surface area contributed by atoms with Crippen molar-refractivity contribution in [2.45, 2.75) is 20.0 Å². The number of para-hydroxylation sites is 1. The van der Waals surface area contributed by atoms with Gasteiger partial charge in [0.05, 0.1) is 16.8 Å². The van der Waals surface area contributed by atoms with Gasteiger partial charge in [-0.25, -0.2) is 14.6 Å². The fraction of sp³-hybridized carbons (Fsp3) is 0.143. The number of benzene rings is 2. The standard InChI is InChI=1S/C21H18ClN3O4/c1-11-17(20(27)29-12(2)19(26)25-21(23)28)15-8-3-4-9-16(15)24-18(11)13-6-5-7-14(22)10-13/h3-10,12H,1-2H3,(H3,23,25,26,28)/t12-/m0/s1. The second-order valence-corrected chi connectivity index (χ2v) is 6.83. The first kappa shape index (κ1) is 20.3. The lowest BCUT2D eigenvalue weighted by molar-refractivity contribution is -0.127. The van der Waals surface area contributed by atoms with E-state index in [1.807, 2.05) is 17.4 Å².